The highest BCUT2D eigenvalue weighted by molar-refractivity contribution is 5.94. The number of primary amides is 1. The summed E-state index contributed by atoms with van der Waals surface area (Å²) in [6, 6.07) is 12.6. The van der Waals surface area contributed by atoms with Crippen LogP contribution in [0.4, 0.5) is 10.5 Å². The first-order valence-electron chi connectivity index (χ1n) is 8.17. The second-order valence-electron chi connectivity index (χ2n) is 5.68. The van der Waals surface area contributed by atoms with Gasteiger partial charge in [-0.25, -0.2) is 9.59 Å². The van der Waals surface area contributed by atoms with E-state index in [1.807, 2.05) is 12.1 Å². The smallest absolute Gasteiger partial charge is 0.338 e. The molecule has 8 heteroatoms. The van der Waals surface area contributed by atoms with Crippen molar-refractivity contribution in [2.45, 2.75) is 19.6 Å². The maximum Gasteiger partial charge on any atom is 0.338 e. The number of esters is 1. The molecule has 4 N–H and O–H groups in total. The Labute approximate surface area is 156 Å². The molecule has 0 unspecified atom stereocenters. The molecule has 142 valence electrons. The van der Waals surface area contributed by atoms with E-state index in [1.54, 1.807) is 31.4 Å². The summed E-state index contributed by atoms with van der Waals surface area (Å²) in [7, 11) is 1.58. The Balaban J connectivity index is 1.89. The number of carbonyl (C=O) groups excluding carboxylic acids is 3. The first-order chi connectivity index (χ1) is 12.9. The highest BCUT2D eigenvalue weighted by Crippen LogP contribution is 2.13. The number of hydrogen-bond donors (Lipinski definition) is 3. The average molecular weight is 371 g/mol. The molecule has 27 heavy (non-hydrogen) atoms. The van der Waals surface area contributed by atoms with Crippen LogP contribution in [-0.4, -0.2) is 31.1 Å². The second-order valence-corrected chi connectivity index (χ2v) is 5.68. The van der Waals surface area contributed by atoms with Crippen molar-refractivity contribution in [3.8, 4) is 5.75 Å². The molecule has 0 saturated heterocycles. The second kappa shape index (κ2) is 9.23. The van der Waals surface area contributed by atoms with E-state index in [2.05, 4.69) is 10.6 Å². The molecule has 0 spiro atoms. The van der Waals surface area contributed by atoms with Crippen molar-refractivity contribution in [1.29, 1.82) is 0 Å². The Hall–Kier alpha value is -3.55. The largest absolute Gasteiger partial charge is 0.497 e. The number of urea groups is 1. The SMILES string of the molecule is COc1ccc(CNC(=O)[C@@H](C)OC(=O)c2cccc(NC(N)=O)c2)cc1. The number of hydrogen-bond acceptors (Lipinski definition) is 5. The van der Waals surface area contributed by atoms with Gasteiger partial charge in [-0.15, -0.1) is 0 Å². The van der Waals surface area contributed by atoms with E-state index in [4.69, 9.17) is 15.2 Å². The van der Waals surface area contributed by atoms with Crippen molar-refractivity contribution in [1.82, 2.24) is 5.32 Å². The average Bonchev–Trinajstić information content (AvgIpc) is 2.66. The molecule has 1 atom stereocenters. The van der Waals surface area contributed by atoms with Crippen LogP contribution in [-0.2, 0) is 16.1 Å². The van der Waals surface area contributed by atoms with Crippen molar-refractivity contribution >= 4 is 23.6 Å². The Bertz CT molecular complexity index is 820. The van der Waals surface area contributed by atoms with Gasteiger partial charge in [0.2, 0.25) is 0 Å². The number of nitrogens with one attached hydrogen (secondary N) is 2. The zero-order valence-corrected chi connectivity index (χ0v) is 15.0. The number of methoxy groups -OCH3 is 1. The van der Waals surface area contributed by atoms with Gasteiger partial charge in [0.25, 0.3) is 5.91 Å². The van der Waals surface area contributed by atoms with E-state index in [0.29, 0.717) is 12.2 Å². The van der Waals surface area contributed by atoms with Crippen LogP contribution in [0.2, 0.25) is 0 Å². The molecular formula is C19H21N3O5. The summed E-state index contributed by atoms with van der Waals surface area (Å²) in [6.07, 6.45) is -0.983. The molecular weight excluding hydrogens is 350 g/mol. The molecule has 0 bridgehead atoms. The van der Waals surface area contributed by atoms with Crippen LogP contribution in [0.15, 0.2) is 48.5 Å². The van der Waals surface area contributed by atoms with Gasteiger partial charge in [-0.05, 0) is 42.8 Å². The monoisotopic (exact) mass is 371 g/mol. The molecule has 0 aliphatic carbocycles. The summed E-state index contributed by atoms with van der Waals surface area (Å²) in [4.78, 5) is 35.2. The lowest BCUT2D eigenvalue weighted by atomic mass is 10.2. The van der Waals surface area contributed by atoms with Crippen LogP contribution in [0, 0.1) is 0 Å². The lowest BCUT2D eigenvalue weighted by Gasteiger charge is -2.14. The van der Waals surface area contributed by atoms with Gasteiger partial charge in [-0.2, -0.15) is 0 Å². The molecule has 2 aromatic rings. The topological polar surface area (TPSA) is 120 Å². The van der Waals surface area contributed by atoms with Crippen molar-refractivity contribution in [2.75, 3.05) is 12.4 Å². The third-order valence-corrected chi connectivity index (χ3v) is 3.64. The molecule has 0 radical (unpaired) electrons. The summed E-state index contributed by atoms with van der Waals surface area (Å²) in [6.45, 7) is 1.77. The van der Waals surface area contributed by atoms with Gasteiger partial charge in [0, 0.05) is 12.2 Å². The number of amides is 3. The van der Waals surface area contributed by atoms with Gasteiger partial charge in [0.1, 0.15) is 5.75 Å². The molecule has 0 aliphatic rings. The number of ether oxygens (including phenoxy) is 2. The molecule has 0 aromatic heterocycles. The number of carbonyl (C=O) groups is 3. The van der Waals surface area contributed by atoms with Gasteiger partial charge < -0.3 is 25.8 Å². The quantitative estimate of drug-likeness (QED) is 0.644. The summed E-state index contributed by atoms with van der Waals surface area (Å²) >= 11 is 0. The molecule has 2 rings (SSSR count). The third-order valence-electron chi connectivity index (χ3n) is 3.64. The Kier molecular flexibility index (Phi) is 6.76. The Morgan fingerprint density at radius 1 is 1.11 bits per heavy atom. The standard InChI is InChI=1S/C19H21N3O5/c1-12(17(23)21-11-13-6-8-16(26-2)9-7-13)27-18(24)14-4-3-5-15(10-14)22-19(20)25/h3-10,12H,11H2,1-2H3,(H,21,23)(H3,20,22,25)/t12-/m1/s1. The van der Waals surface area contributed by atoms with Gasteiger partial charge in [-0.3, -0.25) is 4.79 Å². The molecule has 0 saturated carbocycles. The highest BCUT2D eigenvalue weighted by Gasteiger charge is 2.19. The summed E-state index contributed by atoms with van der Waals surface area (Å²) in [5, 5.41) is 5.07. The first kappa shape index (κ1) is 19.8. The molecule has 8 nitrogen and oxygen atoms in total. The van der Waals surface area contributed by atoms with E-state index in [1.165, 1.54) is 19.1 Å². The fourth-order valence-corrected chi connectivity index (χ4v) is 2.22. The number of nitrogens with two attached hydrogens (primary N) is 1. The van der Waals surface area contributed by atoms with Crippen LogP contribution in [0.3, 0.4) is 0 Å². The van der Waals surface area contributed by atoms with Crippen molar-refractivity contribution in [2.24, 2.45) is 5.73 Å². The maximum absolute atomic E-state index is 12.2. The summed E-state index contributed by atoms with van der Waals surface area (Å²) < 4.78 is 10.2. The Morgan fingerprint density at radius 2 is 1.81 bits per heavy atom. The molecule has 0 heterocycles. The highest BCUT2D eigenvalue weighted by atomic mass is 16.5. The first-order valence-corrected chi connectivity index (χ1v) is 8.17. The molecule has 2 aromatic carbocycles. The molecule has 0 aliphatic heterocycles. The van der Waals surface area contributed by atoms with Gasteiger partial charge in [0.15, 0.2) is 6.10 Å². The predicted octanol–water partition coefficient (Wildman–Crippen LogP) is 2.05. The van der Waals surface area contributed by atoms with Crippen LogP contribution in [0.25, 0.3) is 0 Å². The lowest BCUT2D eigenvalue weighted by Crippen LogP contribution is -2.35. The van der Waals surface area contributed by atoms with E-state index in [0.717, 1.165) is 11.3 Å². The van der Waals surface area contributed by atoms with Crippen LogP contribution in [0.5, 0.6) is 5.75 Å². The summed E-state index contributed by atoms with van der Waals surface area (Å²) in [5.74, 6) is -0.388. The molecule has 0 fully saturated rings. The Morgan fingerprint density at radius 3 is 2.44 bits per heavy atom. The van der Waals surface area contributed by atoms with Crippen LogP contribution in [0.1, 0.15) is 22.8 Å². The minimum Gasteiger partial charge on any atom is -0.497 e. The number of benzene rings is 2. The zero-order chi connectivity index (χ0) is 19.8. The van der Waals surface area contributed by atoms with Gasteiger partial charge >= 0.3 is 12.0 Å². The lowest BCUT2D eigenvalue weighted by molar-refractivity contribution is -0.129. The third kappa shape index (κ3) is 6.03. The molecule has 3 amide bonds. The van der Waals surface area contributed by atoms with Gasteiger partial charge in [0.05, 0.1) is 12.7 Å². The fourth-order valence-electron chi connectivity index (χ4n) is 2.22. The van der Waals surface area contributed by atoms with E-state index >= 15 is 0 Å². The van der Waals surface area contributed by atoms with E-state index in [-0.39, 0.29) is 5.56 Å². The number of anilines is 1. The fraction of sp³-hybridized carbons (Fsp3) is 0.211. The van der Waals surface area contributed by atoms with E-state index in [9.17, 15) is 14.4 Å². The van der Waals surface area contributed by atoms with Gasteiger partial charge in [-0.1, -0.05) is 18.2 Å². The zero-order valence-electron chi connectivity index (χ0n) is 15.0. The van der Waals surface area contributed by atoms with Crippen molar-refractivity contribution in [3.05, 3.63) is 59.7 Å². The summed E-state index contributed by atoms with van der Waals surface area (Å²) in [5.41, 5.74) is 6.47. The minimum absolute atomic E-state index is 0.191. The van der Waals surface area contributed by atoms with E-state index < -0.39 is 24.0 Å². The normalized spacial score (nSPS) is 11.2. The maximum atomic E-state index is 12.2. The number of rotatable bonds is 7. The van der Waals surface area contributed by atoms with Crippen LogP contribution < -0.4 is 21.1 Å². The predicted molar refractivity (Wildman–Crippen MR) is 99.4 cm³/mol. The van der Waals surface area contributed by atoms with Crippen molar-refractivity contribution in [3.63, 3.8) is 0 Å². The minimum atomic E-state index is -0.983. The van der Waals surface area contributed by atoms with Crippen LogP contribution >= 0.6 is 0 Å². The van der Waals surface area contributed by atoms with Crippen molar-refractivity contribution < 1.29 is 23.9 Å².